The molecule has 1 unspecified atom stereocenters. The molecule has 1 fully saturated rings. The fourth-order valence-electron chi connectivity index (χ4n) is 3.14. The van der Waals surface area contributed by atoms with E-state index in [1.54, 1.807) is 6.33 Å². The first-order valence-electron chi connectivity index (χ1n) is 7.64. The zero-order valence-corrected chi connectivity index (χ0v) is 12.1. The van der Waals surface area contributed by atoms with Crippen LogP contribution in [-0.4, -0.2) is 39.9 Å². The van der Waals surface area contributed by atoms with Gasteiger partial charge in [-0.05, 0) is 45.4 Å². The Morgan fingerprint density at radius 3 is 2.80 bits per heavy atom. The van der Waals surface area contributed by atoms with Crippen molar-refractivity contribution in [3.8, 4) is 0 Å². The van der Waals surface area contributed by atoms with E-state index in [0.29, 0.717) is 0 Å². The number of aryl methyl sites for hydroxylation is 1. The van der Waals surface area contributed by atoms with E-state index in [1.807, 2.05) is 11.8 Å². The van der Waals surface area contributed by atoms with E-state index < -0.39 is 0 Å². The van der Waals surface area contributed by atoms with Crippen LogP contribution >= 0.6 is 0 Å². The molecule has 1 amide bonds. The number of carbonyl (C=O) groups excluding carboxylic acids is 1. The maximum atomic E-state index is 12.4. The predicted octanol–water partition coefficient (Wildman–Crippen LogP) is 1.78. The highest BCUT2D eigenvalue weighted by atomic mass is 16.2. The molecule has 0 bridgehead atoms. The zero-order chi connectivity index (χ0) is 13.9. The molecular formula is C15H22N4O. The number of likely N-dealkylation sites (tertiary alicyclic amines) is 1. The molecule has 1 atom stereocenters. The van der Waals surface area contributed by atoms with Gasteiger partial charge in [0, 0.05) is 24.3 Å². The molecule has 1 aromatic rings. The van der Waals surface area contributed by atoms with Gasteiger partial charge in [0.2, 0.25) is 5.91 Å². The van der Waals surface area contributed by atoms with Crippen molar-refractivity contribution in [1.29, 1.82) is 0 Å². The lowest BCUT2D eigenvalue weighted by Gasteiger charge is -2.29. The Hall–Kier alpha value is -1.65. The van der Waals surface area contributed by atoms with Gasteiger partial charge in [-0.3, -0.25) is 4.79 Å². The number of nitrogens with one attached hydrogen (secondary N) is 1. The Kier molecular flexibility index (Phi) is 3.85. The molecule has 2 aliphatic rings. The van der Waals surface area contributed by atoms with Crippen molar-refractivity contribution in [2.45, 2.75) is 51.5 Å². The maximum Gasteiger partial charge on any atom is 0.244 e. The van der Waals surface area contributed by atoms with E-state index in [9.17, 15) is 4.79 Å². The largest absolute Gasteiger partial charge is 0.358 e. The van der Waals surface area contributed by atoms with Crippen LogP contribution in [-0.2, 0) is 17.6 Å². The number of anilines is 1. The molecule has 0 spiro atoms. The first-order valence-corrected chi connectivity index (χ1v) is 7.64. The summed E-state index contributed by atoms with van der Waals surface area (Å²) in [6.07, 6.45) is 8.28. The van der Waals surface area contributed by atoms with Crippen molar-refractivity contribution >= 4 is 11.7 Å². The minimum atomic E-state index is -0.215. The van der Waals surface area contributed by atoms with Crippen molar-refractivity contribution in [3.63, 3.8) is 0 Å². The summed E-state index contributed by atoms with van der Waals surface area (Å²) >= 11 is 0. The topological polar surface area (TPSA) is 58.1 Å². The number of hydrogen-bond acceptors (Lipinski definition) is 4. The lowest BCUT2D eigenvalue weighted by molar-refractivity contribution is -0.132. The van der Waals surface area contributed by atoms with Crippen LogP contribution < -0.4 is 5.32 Å². The monoisotopic (exact) mass is 274 g/mol. The van der Waals surface area contributed by atoms with Crippen LogP contribution in [0.3, 0.4) is 0 Å². The smallest absolute Gasteiger partial charge is 0.244 e. The van der Waals surface area contributed by atoms with E-state index in [4.69, 9.17) is 0 Å². The summed E-state index contributed by atoms with van der Waals surface area (Å²) in [5.74, 6) is 1.04. The molecule has 5 nitrogen and oxygen atoms in total. The Bertz CT molecular complexity index is 497. The molecule has 0 saturated carbocycles. The predicted molar refractivity (Wildman–Crippen MR) is 77.6 cm³/mol. The van der Waals surface area contributed by atoms with E-state index in [-0.39, 0.29) is 11.9 Å². The lowest BCUT2D eigenvalue weighted by atomic mass is 10.1. The number of piperidine rings is 1. The summed E-state index contributed by atoms with van der Waals surface area (Å²) in [5.41, 5.74) is 2.34. The SMILES string of the molecule is CC(Nc1ncnc2c1CCC2)C(=O)N1CCCCC1. The lowest BCUT2D eigenvalue weighted by Crippen LogP contribution is -2.44. The van der Waals surface area contributed by atoms with Crippen LogP contribution in [0.4, 0.5) is 5.82 Å². The third-order valence-electron chi connectivity index (χ3n) is 4.27. The molecule has 1 saturated heterocycles. The fourth-order valence-corrected chi connectivity index (χ4v) is 3.14. The van der Waals surface area contributed by atoms with Crippen LogP contribution in [0, 0.1) is 0 Å². The maximum absolute atomic E-state index is 12.4. The number of fused-ring (bicyclic) bond motifs is 1. The van der Waals surface area contributed by atoms with Crippen LogP contribution in [0.2, 0.25) is 0 Å². The number of rotatable bonds is 3. The minimum Gasteiger partial charge on any atom is -0.358 e. The van der Waals surface area contributed by atoms with Gasteiger partial charge < -0.3 is 10.2 Å². The van der Waals surface area contributed by atoms with E-state index >= 15 is 0 Å². The molecule has 20 heavy (non-hydrogen) atoms. The van der Waals surface area contributed by atoms with Gasteiger partial charge in [-0.15, -0.1) is 0 Å². The van der Waals surface area contributed by atoms with Gasteiger partial charge in [-0.1, -0.05) is 0 Å². The summed E-state index contributed by atoms with van der Waals surface area (Å²) in [6.45, 7) is 3.72. The Balaban J connectivity index is 1.68. The van der Waals surface area contributed by atoms with Crippen molar-refractivity contribution < 1.29 is 4.79 Å². The highest BCUT2D eigenvalue weighted by molar-refractivity contribution is 5.84. The van der Waals surface area contributed by atoms with Gasteiger partial charge in [0.15, 0.2) is 0 Å². The second-order valence-corrected chi connectivity index (χ2v) is 5.75. The van der Waals surface area contributed by atoms with Gasteiger partial charge in [-0.2, -0.15) is 0 Å². The van der Waals surface area contributed by atoms with Crippen molar-refractivity contribution in [2.75, 3.05) is 18.4 Å². The van der Waals surface area contributed by atoms with Crippen LogP contribution in [0.5, 0.6) is 0 Å². The normalized spacial score (nSPS) is 19.6. The zero-order valence-electron chi connectivity index (χ0n) is 12.1. The average molecular weight is 274 g/mol. The molecule has 108 valence electrons. The van der Waals surface area contributed by atoms with E-state index in [2.05, 4.69) is 15.3 Å². The Labute approximate surface area is 119 Å². The standard InChI is InChI=1S/C15H22N4O/c1-11(15(20)19-8-3-2-4-9-19)18-14-12-6-5-7-13(12)16-10-17-14/h10-11H,2-9H2,1H3,(H,16,17,18). The first kappa shape index (κ1) is 13.3. The summed E-state index contributed by atoms with van der Waals surface area (Å²) in [4.78, 5) is 23.0. The summed E-state index contributed by atoms with van der Waals surface area (Å²) in [5, 5.41) is 3.30. The molecule has 1 aliphatic heterocycles. The van der Waals surface area contributed by atoms with Crippen LogP contribution in [0.15, 0.2) is 6.33 Å². The summed E-state index contributed by atoms with van der Waals surface area (Å²) in [7, 11) is 0. The summed E-state index contributed by atoms with van der Waals surface area (Å²) in [6, 6.07) is -0.215. The molecule has 3 rings (SSSR count). The van der Waals surface area contributed by atoms with Gasteiger partial charge >= 0.3 is 0 Å². The molecule has 0 aromatic carbocycles. The van der Waals surface area contributed by atoms with E-state index in [0.717, 1.165) is 56.7 Å². The van der Waals surface area contributed by atoms with Crippen LogP contribution in [0.25, 0.3) is 0 Å². The van der Waals surface area contributed by atoms with Crippen LogP contribution in [0.1, 0.15) is 43.9 Å². The third-order valence-corrected chi connectivity index (χ3v) is 4.27. The van der Waals surface area contributed by atoms with Gasteiger partial charge in [0.1, 0.15) is 18.2 Å². The van der Waals surface area contributed by atoms with E-state index in [1.165, 1.54) is 12.0 Å². The molecule has 5 heteroatoms. The van der Waals surface area contributed by atoms with Crippen molar-refractivity contribution in [2.24, 2.45) is 0 Å². The number of nitrogens with zero attached hydrogens (tertiary/aromatic N) is 3. The first-order chi connectivity index (χ1) is 9.75. The number of aromatic nitrogens is 2. The molecule has 1 N–H and O–H groups in total. The number of amides is 1. The Morgan fingerprint density at radius 2 is 2.00 bits per heavy atom. The molecular weight excluding hydrogens is 252 g/mol. The molecule has 0 radical (unpaired) electrons. The molecule has 1 aromatic heterocycles. The quantitative estimate of drug-likeness (QED) is 0.912. The highest BCUT2D eigenvalue weighted by Crippen LogP contribution is 2.25. The number of hydrogen-bond donors (Lipinski definition) is 1. The number of carbonyl (C=O) groups is 1. The average Bonchev–Trinajstić information content (AvgIpc) is 2.97. The second-order valence-electron chi connectivity index (χ2n) is 5.75. The van der Waals surface area contributed by atoms with Gasteiger partial charge in [0.05, 0.1) is 0 Å². The summed E-state index contributed by atoms with van der Waals surface area (Å²) < 4.78 is 0. The molecule has 2 heterocycles. The van der Waals surface area contributed by atoms with Gasteiger partial charge in [0.25, 0.3) is 0 Å². The Morgan fingerprint density at radius 1 is 1.20 bits per heavy atom. The third kappa shape index (κ3) is 2.62. The second kappa shape index (κ2) is 5.77. The van der Waals surface area contributed by atoms with Gasteiger partial charge in [-0.25, -0.2) is 9.97 Å². The highest BCUT2D eigenvalue weighted by Gasteiger charge is 2.24. The minimum absolute atomic E-state index is 0.190. The fraction of sp³-hybridized carbons (Fsp3) is 0.667. The molecule has 1 aliphatic carbocycles. The van der Waals surface area contributed by atoms with Crippen molar-refractivity contribution in [3.05, 3.63) is 17.6 Å². The van der Waals surface area contributed by atoms with Crippen molar-refractivity contribution in [1.82, 2.24) is 14.9 Å².